The molecule has 2 aromatic rings. The molecule has 0 saturated heterocycles. The van der Waals surface area contributed by atoms with Gasteiger partial charge in [-0.2, -0.15) is 0 Å². The number of sulfonamides is 1. The van der Waals surface area contributed by atoms with Gasteiger partial charge in [-0.05, 0) is 43.2 Å². The van der Waals surface area contributed by atoms with E-state index in [1.807, 2.05) is 38.1 Å². The molecule has 0 aliphatic heterocycles. The fourth-order valence-electron chi connectivity index (χ4n) is 1.87. The molecule has 0 aliphatic carbocycles. The number of rotatable bonds is 4. The van der Waals surface area contributed by atoms with Gasteiger partial charge in [-0.25, -0.2) is 13.1 Å². The highest BCUT2D eigenvalue weighted by Gasteiger charge is 2.14. The van der Waals surface area contributed by atoms with Gasteiger partial charge in [0, 0.05) is 11.0 Å². The first-order valence-electron chi connectivity index (χ1n) is 6.20. The third kappa shape index (κ3) is 3.69. The molecule has 0 fully saturated rings. The van der Waals surface area contributed by atoms with E-state index >= 15 is 0 Å². The Morgan fingerprint density at radius 2 is 1.85 bits per heavy atom. The summed E-state index contributed by atoms with van der Waals surface area (Å²) in [5, 5.41) is 0. The van der Waals surface area contributed by atoms with Gasteiger partial charge in [0.15, 0.2) is 0 Å². The zero-order valence-corrected chi connectivity index (χ0v) is 13.8. The van der Waals surface area contributed by atoms with Crippen molar-refractivity contribution in [3.8, 4) is 0 Å². The lowest BCUT2D eigenvalue weighted by molar-refractivity contribution is 0.581. The fraction of sp³-hybridized carbons (Fsp3) is 0.200. The second kappa shape index (κ2) is 6.08. The van der Waals surface area contributed by atoms with E-state index in [4.69, 9.17) is 0 Å². The van der Waals surface area contributed by atoms with Crippen LogP contribution >= 0.6 is 15.9 Å². The summed E-state index contributed by atoms with van der Waals surface area (Å²) in [6.07, 6.45) is 0. The van der Waals surface area contributed by atoms with Crippen LogP contribution in [0.15, 0.2) is 51.8 Å². The molecule has 0 unspecified atom stereocenters. The standard InChI is InChI=1S/C15H16BrNO2S/c1-11-4-3-5-13(8-11)10-17-20(18,19)14-6-7-15(16)12(2)9-14/h3-9,17H,10H2,1-2H3. The van der Waals surface area contributed by atoms with Crippen molar-refractivity contribution < 1.29 is 8.42 Å². The van der Waals surface area contributed by atoms with E-state index in [0.717, 1.165) is 21.2 Å². The first-order chi connectivity index (χ1) is 9.38. The van der Waals surface area contributed by atoms with Gasteiger partial charge < -0.3 is 0 Å². The molecule has 0 bridgehead atoms. The highest BCUT2D eigenvalue weighted by atomic mass is 79.9. The van der Waals surface area contributed by atoms with Gasteiger partial charge in [-0.3, -0.25) is 0 Å². The SMILES string of the molecule is Cc1cccc(CNS(=O)(=O)c2ccc(Br)c(C)c2)c1. The van der Waals surface area contributed by atoms with Crippen LogP contribution < -0.4 is 4.72 Å². The number of benzene rings is 2. The zero-order valence-electron chi connectivity index (χ0n) is 11.4. The van der Waals surface area contributed by atoms with Crippen LogP contribution in [0.2, 0.25) is 0 Å². The molecule has 2 aromatic carbocycles. The maximum absolute atomic E-state index is 12.2. The normalized spacial score (nSPS) is 11.6. The molecule has 5 heteroatoms. The lowest BCUT2D eigenvalue weighted by Crippen LogP contribution is -2.23. The highest BCUT2D eigenvalue weighted by Crippen LogP contribution is 2.20. The minimum Gasteiger partial charge on any atom is -0.207 e. The van der Waals surface area contributed by atoms with Gasteiger partial charge in [0.25, 0.3) is 0 Å². The van der Waals surface area contributed by atoms with E-state index in [1.165, 1.54) is 0 Å². The van der Waals surface area contributed by atoms with E-state index in [9.17, 15) is 8.42 Å². The number of nitrogens with one attached hydrogen (secondary N) is 1. The first-order valence-corrected chi connectivity index (χ1v) is 8.47. The third-order valence-corrected chi connectivity index (χ3v) is 5.28. The van der Waals surface area contributed by atoms with Crippen molar-refractivity contribution in [3.63, 3.8) is 0 Å². The summed E-state index contributed by atoms with van der Waals surface area (Å²) in [7, 11) is -3.48. The number of hydrogen-bond acceptors (Lipinski definition) is 2. The summed E-state index contributed by atoms with van der Waals surface area (Å²) in [5.41, 5.74) is 2.95. The van der Waals surface area contributed by atoms with Crippen molar-refractivity contribution in [3.05, 3.63) is 63.6 Å². The molecule has 0 heterocycles. The van der Waals surface area contributed by atoms with Crippen LogP contribution in [0.3, 0.4) is 0 Å². The van der Waals surface area contributed by atoms with Crippen LogP contribution in [-0.4, -0.2) is 8.42 Å². The van der Waals surface area contributed by atoms with Crippen molar-refractivity contribution in [1.29, 1.82) is 0 Å². The molecule has 2 rings (SSSR count). The van der Waals surface area contributed by atoms with Gasteiger partial charge >= 0.3 is 0 Å². The third-order valence-electron chi connectivity index (χ3n) is 2.99. The minimum absolute atomic E-state index is 0.283. The number of halogens is 1. The summed E-state index contributed by atoms with van der Waals surface area (Å²) in [4.78, 5) is 0.283. The predicted molar refractivity (Wildman–Crippen MR) is 84.1 cm³/mol. The lowest BCUT2D eigenvalue weighted by atomic mass is 10.1. The van der Waals surface area contributed by atoms with E-state index in [1.54, 1.807) is 18.2 Å². The van der Waals surface area contributed by atoms with E-state index in [-0.39, 0.29) is 4.90 Å². The molecule has 0 aromatic heterocycles. The molecule has 1 N–H and O–H groups in total. The molecule has 0 amide bonds. The summed E-state index contributed by atoms with van der Waals surface area (Å²) in [6.45, 7) is 4.14. The molecule has 0 radical (unpaired) electrons. The Morgan fingerprint density at radius 3 is 2.50 bits per heavy atom. The molecule has 0 saturated carbocycles. The molecule has 0 spiro atoms. The highest BCUT2D eigenvalue weighted by molar-refractivity contribution is 9.10. The van der Waals surface area contributed by atoms with Gasteiger partial charge in [0.2, 0.25) is 10.0 Å². The van der Waals surface area contributed by atoms with Crippen LogP contribution in [0.1, 0.15) is 16.7 Å². The maximum Gasteiger partial charge on any atom is 0.240 e. The Bertz CT molecular complexity index is 726. The Hall–Kier alpha value is -1.17. The molecule has 3 nitrogen and oxygen atoms in total. The van der Waals surface area contributed by atoms with Crippen molar-refractivity contribution in [1.82, 2.24) is 4.72 Å². The number of hydrogen-bond donors (Lipinski definition) is 1. The quantitative estimate of drug-likeness (QED) is 0.913. The maximum atomic E-state index is 12.2. The lowest BCUT2D eigenvalue weighted by Gasteiger charge is -2.09. The minimum atomic E-state index is -3.48. The Morgan fingerprint density at radius 1 is 1.10 bits per heavy atom. The first kappa shape index (κ1) is 15.2. The molecule has 0 atom stereocenters. The summed E-state index contributed by atoms with van der Waals surface area (Å²) in [5.74, 6) is 0. The van der Waals surface area contributed by atoms with Crippen LogP contribution in [0.25, 0.3) is 0 Å². The van der Waals surface area contributed by atoms with Crippen molar-refractivity contribution in [2.75, 3.05) is 0 Å². The Labute approximate surface area is 128 Å². The van der Waals surface area contributed by atoms with Crippen LogP contribution in [0.4, 0.5) is 0 Å². The second-order valence-corrected chi connectivity index (χ2v) is 7.35. The molecule has 106 valence electrons. The molecule has 20 heavy (non-hydrogen) atoms. The van der Waals surface area contributed by atoms with Gasteiger partial charge in [-0.15, -0.1) is 0 Å². The smallest absolute Gasteiger partial charge is 0.207 e. The summed E-state index contributed by atoms with van der Waals surface area (Å²) >= 11 is 3.36. The second-order valence-electron chi connectivity index (χ2n) is 4.72. The number of aryl methyl sites for hydroxylation is 2. The fourth-order valence-corrected chi connectivity index (χ4v) is 3.22. The van der Waals surface area contributed by atoms with E-state index in [2.05, 4.69) is 20.7 Å². The largest absolute Gasteiger partial charge is 0.240 e. The van der Waals surface area contributed by atoms with E-state index < -0.39 is 10.0 Å². The van der Waals surface area contributed by atoms with Crippen molar-refractivity contribution in [2.45, 2.75) is 25.3 Å². The van der Waals surface area contributed by atoms with Gasteiger partial charge in [0.05, 0.1) is 4.90 Å². The average molecular weight is 354 g/mol. The van der Waals surface area contributed by atoms with E-state index in [0.29, 0.717) is 6.54 Å². The summed E-state index contributed by atoms with van der Waals surface area (Å²) < 4.78 is 28.0. The van der Waals surface area contributed by atoms with Crippen LogP contribution in [0, 0.1) is 13.8 Å². The molecule has 0 aliphatic rings. The van der Waals surface area contributed by atoms with Crippen LogP contribution in [0.5, 0.6) is 0 Å². The summed E-state index contributed by atoms with van der Waals surface area (Å²) in [6, 6.07) is 12.8. The molecular formula is C15H16BrNO2S. The van der Waals surface area contributed by atoms with Gasteiger partial charge in [0.1, 0.15) is 0 Å². The topological polar surface area (TPSA) is 46.2 Å². The van der Waals surface area contributed by atoms with Crippen LogP contribution in [-0.2, 0) is 16.6 Å². The van der Waals surface area contributed by atoms with Crippen molar-refractivity contribution in [2.24, 2.45) is 0 Å². The Kier molecular flexibility index (Phi) is 4.62. The average Bonchev–Trinajstić information content (AvgIpc) is 2.40. The predicted octanol–water partition coefficient (Wildman–Crippen LogP) is 3.54. The Balaban J connectivity index is 2.17. The van der Waals surface area contributed by atoms with Crippen molar-refractivity contribution >= 4 is 26.0 Å². The van der Waals surface area contributed by atoms with Gasteiger partial charge in [-0.1, -0.05) is 45.8 Å². The zero-order chi connectivity index (χ0) is 14.8. The monoisotopic (exact) mass is 353 g/mol. The molecular weight excluding hydrogens is 338 g/mol.